The number of hydrogen-bond acceptors (Lipinski definition) is 4. The van der Waals surface area contributed by atoms with Gasteiger partial charge in [-0.1, -0.05) is 11.6 Å². The summed E-state index contributed by atoms with van der Waals surface area (Å²) in [5, 5.41) is 13.7. The predicted molar refractivity (Wildman–Crippen MR) is 73.8 cm³/mol. The van der Waals surface area contributed by atoms with Crippen molar-refractivity contribution in [2.75, 3.05) is 0 Å². The molecule has 1 heterocycles. The fourth-order valence-corrected chi connectivity index (χ4v) is 2.43. The molecule has 0 unspecified atom stereocenters. The Balaban J connectivity index is 2.63. The number of nitrogens with one attached hydrogen (secondary N) is 1. The van der Waals surface area contributed by atoms with E-state index in [-0.39, 0.29) is 6.42 Å². The molecule has 0 saturated carbocycles. The van der Waals surface area contributed by atoms with Crippen LogP contribution in [0.4, 0.5) is 4.79 Å². The minimum absolute atomic E-state index is 0.173. The maximum Gasteiger partial charge on any atom is 0.408 e. The standard InChI is InChI=1S/C12H16ClNO4S/c1-12(2,3)18-11(17)14-9(10(15)16)5-8-4-7(13)6-19-8/h4,6,9H,5H2,1-3H3,(H,14,17)(H,15,16)/t9-/m0/s1. The van der Waals surface area contributed by atoms with Crippen LogP contribution in [0.5, 0.6) is 0 Å². The number of rotatable bonds is 4. The number of alkyl carbamates (subject to hydrolysis) is 1. The van der Waals surface area contributed by atoms with E-state index in [1.165, 1.54) is 11.3 Å². The first kappa shape index (κ1) is 15.8. The lowest BCUT2D eigenvalue weighted by atomic mass is 10.2. The summed E-state index contributed by atoms with van der Waals surface area (Å²) in [6.45, 7) is 5.13. The second-order valence-electron chi connectivity index (χ2n) is 4.97. The van der Waals surface area contributed by atoms with Crippen LogP contribution in [0.25, 0.3) is 0 Å². The number of carbonyl (C=O) groups excluding carboxylic acids is 1. The van der Waals surface area contributed by atoms with E-state index in [2.05, 4.69) is 5.32 Å². The number of aliphatic carboxylic acids is 1. The van der Waals surface area contributed by atoms with E-state index < -0.39 is 23.7 Å². The van der Waals surface area contributed by atoms with Gasteiger partial charge in [0.05, 0.1) is 5.02 Å². The third-order valence-corrected chi connectivity index (χ3v) is 3.32. The summed E-state index contributed by atoms with van der Waals surface area (Å²) in [5.74, 6) is -1.12. The molecule has 106 valence electrons. The molecule has 19 heavy (non-hydrogen) atoms. The van der Waals surface area contributed by atoms with E-state index >= 15 is 0 Å². The first-order chi connectivity index (χ1) is 8.67. The average Bonchev–Trinajstić information content (AvgIpc) is 2.60. The summed E-state index contributed by atoms with van der Waals surface area (Å²) in [6, 6.07) is 0.642. The van der Waals surface area contributed by atoms with Gasteiger partial charge in [-0.3, -0.25) is 0 Å². The number of thiophene rings is 1. The monoisotopic (exact) mass is 305 g/mol. The molecule has 0 aliphatic rings. The summed E-state index contributed by atoms with van der Waals surface area (Å²) in [6.07, 6.45) is -0.575. The molecular formula is C12H16ClNO4S. The Morgan fingerprint density at radius 1 is 1.53 bits per heavy atom. The van der Waals surface area contributed by atoms with Crippen LogP contribution in [-0.2, 0) is 16.0 Å². The highest BCUT2D eigenvalue weighted by Gasteiger charge is 2.24. The van der Waals surface area contributed by atoms with Crippen LogP contribution in [-0.4, -0.2) is 28.8 Å². The highest BCUT2D eigenvalue weighted by molar-refractivity contribution is 7.10. The number of halogens is 1. The zero-order valence-corrected chi connectivity index (χ0v) is 12.5. The zero-order chi connectivity index (χ0) is 14.6. The Labute approximate surface area is 120 Å². The van der Waals surface area contributed by atoms with E-state index in [0.29, 0.717) is 5.02 Å². The Morgan fingerprint density at radius 3 is 2.58 bits per heavy atom. The maximum absolute atomic E-state index is 11.5. The normalized spacial score (nSPS) is 12.8. The molecule has 1 aromatic rings. The van der Waals surface area contributed by atoms with Gasteiger partial charge in [0.2, 0.25) is 0 Å². The molecule has 5 nitrogen and oxygen atoms in total. The molecule has 0 aliphatic heterocycles. The van der Waals surface area contributed by atoms with Gasteiger partial charge in [-0.2, -0.15) is 0 Å². The maximum atomic E-state index is 11.5. The van der Waals surface area contributed by atoms with Crippen LogP contribution in [0.2, 0.25) is 5.02 Å². The Bertz CT molecular complexity index is 467. The van der Waals surface area contributed by atoms with Gasteiger partial charge in [0.25, 0.3) is 0 Å². The molecule has 7 heteroatoms. The molecule has 1 aromatic heterocycles. The third-order valence-electron chi connectivity index (χ3n) is 2.02. The molecule has 0 radical (unpaired) electrons. The summed E-state index contributed by atoms with van der Waals surface area (Å²) >= 11 is 7.12. The Hall–Kier alpha value is -1.27. The summed E-state index contributed by atoms with van der Waals surface area (Å²) in [5.41, 5.74) is -0.667. The summed E-state index contributed by atoms with van der Waals surface area (Å²) in [7, 11) is 0. The van der Waals surface area contributed by atoms with Gasteiger partial charge in [0.1, 0.15) is 11.6 Å². The zero-order valence-electron chi connectivity index (χ0n) is 10.9. The predicted octanol–water partition coefficient (Wildman–Crippen LogP) is 2.92. The van der Waals surface area contributed by atoms with Crippen LogP contribution in [0, 0.1) is 0 Å². The van der Waals surface area contributed by atoms with Crippen molar-refractivity contribution < 1.29 is 19.4 Å². The van der Waals surface area contributed by atoms with Gasteiger partial charge in [-0.25, -0.2) is 9.59 Å². The third kappa shape index (κ3) is 5.94. The quantitative estimate of drug-likeness (QED) is 0.897. The lowest BCUT2D eigenvalue weighted by Gasteiger charge is -2.21. The molecule has 2 N–H and O–H groups in total. The van der Waals surface area contributed by atoms with Crippen molar-refractivity contribution in [1.29, 1.82) is 0 Å². The number of amides is 1. The second kappa shape index (κ2) is 6.25. The van der Waals surface area contributed by atoms with E-state index in [4.69, 9.17) is 21.4 Å². The average molecular weight is 306 g/mol. The van der Waals surface area contributed by atoms with E-state index in [0.717, 1.165) is 4.88 Å². The van der Waals surface area contributed by atoms with E-state index in [1.54, 1.807) is 32.2 Å². The van der Waals surface area contributed by atoms with Crippen LogP contribution >= 0.6 is 22.9 Å². The minimum atomic E-state index is -1.12. The number of carboxylic acids is 1. The molecule has 0 bridgehead atoms. The van der Waals surface area contributed by atoms with Crippen molar-refractivity contribution in [2.24, 2.45) is 0 Å². The van der Waals surface area contributed by atoms with Gasteiger partial charge in [0.15, 0.2) is 0 Å². The number of carboxylic acid groups (broad SMARTS) is 1. The van der Waals surface area contributed by atoms with Crippen molar-refractivity contribution in [3.8, 4) is 0 Å². The Kier molecular flexibility index (Phi) is 5.20. The Morgan fingerprint density at radius 2 is 2.16 bits per heavy atom. The number of ether oxygens (including phenoxy) is 1. The molecular weight excluding hydrogens is 290 g/mol. The van der Waals surface area contributed by atoms with Crippen LogP contribution in [0.15, 0.2) is 11.4 Å². The largest absolute Gasteiger partial charge is 0.480 e. The number of hydrogen-bond donors (Lipinski definition) is 2. The van der Waals surface area contributed by atoms with Crippen LogP contribution in [0.3, 0.4) is 0 Å². The topological polar surface area (TPSA) is 75.6 Å². The van der Waals surface area contributed by atoms with Crippen LogP contribution < -0.4 is 5.32 Å². The molecule has 0 aliphatic carbocycles. The summed E-state index contributed by atoms with van der Waals surface area (Å²) in [4.78, 5) is 23.4. The second-order valence-corrected chi connectivity index (χ2v) is 6.40. The molecule has 1 amide bonds. The molecule has 0 fully saturated rings. The first-order valence-corrected chi connectivity index (χ1v) is 6.88. The minimum Gasteiger partial charge on any atom is -0.480 e. The van der Waals surface area contributed by atoms with Crippen molar-refractivity contribution in [1.82, 2.24) is 5.32 Å². The molecule has 1 atom stereocenters. The molecule has 0 spiro atoms. The lowest BCUT2D eigenvalue weighted by Crippen LogP contribution is -2.44. The number of carbonyl (C=O) groups is 2. The highest BCUT2D eigenvalue weighted by Crippen LogP contribution is 2.20. The van der Waals surface area contributed by atoms with Gasteiger partial charge >= 0.3 is 12.1 Å². The smallest absolute Gasteiger partial charge is 0.408 e. The van der Waals surface area contributed by atoms with Crippen molar-refractivity contribution in [2.45, 2.75) is 38.8 Å². The van der Waals surface area contributed by atoms with Crippen molar-refractivity contribution in [3.05, 3.63) is 21.3 Å². The SMILES string of the molecule is CC(C)(C)OC(=O)N[C@@H](Cc1cc(Cl)cs1)C(=O)O. The molecule has 0 saturated heterocycles. The lowest BCUT2D eigenvalue weighted by molar-refractivity contribution is -0.139. The summed E-state index contributed by atoms with van der Waals surface area (Å²) < 4.78 is 5.03. The first-order valence-electron chi connectivity index (χ1n) is 5.62. The van der Waals surface area contributed by atoms with Crippen LogP contribution in [0.1, 0.15) is 25.6 Å². The molecule has 0 aromatic carbocycles. The van der Waals surface area contributed by atoms with E-state index in [9.17, 15) is 9.59 Å². The van der Waals surface area contributed by atoms with Gasteiger partial charge in [-0.05, 0) is 26.8 Å². The van der Waals surface area contributed by atoms with Gasteiger partial charge in [0, 0.05) is 16.7 Å². The van der Waals surface area contributed by atoms with Gasteiger partial charge < -0.3 is 15.2 Å². The van der Waals surface area contributed by atoms with Crippen molar-refractivity contribution >= 4 is 35.0 Å². The van der Waals surface area contributed by atoms with E-state index in [1.807, 2.05) is 0 Å². The fraction of sp³-hybridized carbons (Fsp3) is 0.500. The fourth-order valence-electron chi connectivity index (χ4n) is 1.31. The van der Waals surface area contributed by atoms with Gasteiger partial charge in [-0.15, -0.1) is 11.3 Å². The highest BCUT2D eigenvalue weighted by atomic mass is 35.5. The van der Waals surface area contributed by atoms with Crippen molar-refractivity contribution in [3.63, 3.8) is 0 Å². The molecule has 1 rings (SSSR count).